The van der Waals surface area contributed by atoms with Crippen LogP contribution in [0.5, 0.6) is 0 Å². The molecule has 0 saturated carbocycles. The van der Waals surface area contributed by atoms with Crippen LogP contribution >= 0.6 is 0 Å². The summed E-state index contributed by atoms with van der Waals surface area (Å²) in [6.45, 7) is 2.62. The zero-order valence-electron chi connectivity index (χ0n) is 10.5. The molecule has 0 atom stereocenters. The summed E-state index contributed by atoms with van der Waals surface area (Å²) in [4.78, 5) is 11.8. The van der Waals surface area contributed by atoms with Crippen molar-refractivity contribution >= 4 is 11.6 Å². The number of hydrogen-bond acceptors (Lipinski definition) is 3. The van der Waals surface area contributed by atoms with Crippen molar-refractivity contribution in [1.29, 1.82) is 0 Å². The monoisotopic (exact) mass is 244 g/mol. The standard InChI is InChI=1S/C14H16N2O2/c1-10-3-8-13(18-10)14(17)16-12-6-4-11(5-7-12)9-15-2/h3-8,15H,9H2,1-2H3,(H,16,17). The van der Waals surface area contributed by atoms with Gasteiger partial charge in [0.25, 0.3) is 5.91 Å². The van der Waals surface area contributed by atoms with E-state index >= 15 is 0 Å². The quantitative estimate of drug-likeness (QED) is 0.869. The maximum atomic E-state index is 11.8. The van der Waals surface area contributed by atoms with Gasteiger partial charge in [-0.3, -0.25) is 4.79 Å². The summed E-state index contributed by atoms with van der Waals surface area (Å²) in [5, 5.41) is 5.86. The maximum absolute atomic E-state index is 11.8. The molecule has 1 aromatic heterocycles. The van der Waals surface area contributed by atoms with Crippen LogP contribution in [0.15, 0.2) is 40.8 Å². The molecule has 94 valence electrons. The van der Waals surface area contributed by atoms with Gasteiger partial charge >= 0.3 is 0 Å². The lowest BCUT2D eigenvalue weighted by Gasteiger charge is -2.05. The van der Waals surface area contributed by atoms with E-state index in [1.807, 2.05) is 38.2 Å². The van der Waals surface area contributed by atoms with Crippen LogP contribution in [0.2, 0.25) is 0 Å². The van der Waals surface area contributed by atoms with Crippen molar-refractivity contribution in [1.82, 2.24) is 5.32 Å². The van der Waals surface area contributed by atoms with Crippen LogP contribution in [0.1, 0.15) is 21.9 Å². The second kappa shape index (κ2) is 5.51. The zero-order valence-corrected chi connectivity index (χ0v) is 10.5. The average Bonchev–Trinajstić information content (AvgIpc) is 2.79. The van der Waals surface area contributed by atoms with Gasteiger partial charge in [0.1, 0.15) is 5.76 Å². The van der Waals surface area contributed by atoms with Gasteiger partial charge in [-0.1, -0.05) is 12.1 Å². The maximum Gasteiger partial charge on any atom is 0.291 e. The molecule has 0 unspecified atom stereocenters. The largest absolute Gasteiger partial charge is 0.456 e. The molecule has 1 heterocycles. The van der Waals surface area contributed by atoms with Crippen LogP contribution in [-0.2, 0) is 6.54 Å². The number of benzene rings is 1. The van der Waals surface area contributed by atoms with E-state index < -0.39 is 0 Å². The van der Waals surface area contributed by atoms with E-state index in [4.69, 9.17) is 4.42 Å². The molecule has 0 saturated heterocycles. The molecule has 1 amide bonds. The summed E-state index contributed by atoms with van der Waals surface area (Å²) in [6, 6.07) is 11.1. The zero-order chi connectivity index (χ0) is 13.0. The highest BCUT2D eigenvalue weighted by atomic mass is 16.3. The van der Waals surface area contributed by atoms with Gasteiger partial charge in [0.2, 0.25) is 0 Å². The fraction of sp³-hybridized carbons (Fsp3) is 0.214. The fourth-order valence-corrected chi connectivity index (χ4v) is 1.66. The molecule has 0 aliphatic rings. The third-order valence-corrected chi connectivity index (χ3v) is 2.56. The number of furan rings is 1. The van der Waals surface area contributed by atoms with Gasteiger partial charge in [0.05, 0.1) is 0 Å². The highest BCUT2D eigenvalue weighted by molar-refractivity contribution is 6.02. The molecule has 0 bridgehead atoms. The van der Waals surface area contributed by atoms with E-state index in [1.165, 1.54) is 5.56 Å². The van der Waals surface area contributed by atoms with Crippen molar-refractivity contribution in [2.24, 2.45) is 0 Å². The molecule has 2 rings (SSSR count). The summed E-state index contributed by atoms with van der Waals surface area (Å²) in [6.07, 6.45) is 0. The molecule has 0 fully saturated rings. The number of anilines is 1. The molecule has 1 aromatic carbocycles. The SMILES string of the molecule is CNCc1ccc(NC(=O)c2ccc(C)o2)cc1. The van der Waals surface area contributed by atoms with Gasteiger partial charge in [0, 0.05) is 12.2 Å². The Balaban J connectivity index is 2.03. The smallest absolute Gasteiger partial charge is 0.291 e. The average molecular weight is 244 g/mol. The summed E-state index contributed by atoms with van der Waals surface area (Å²) >= 11 is 0. The van der Waals surface area contributed by atoms with Crippen LogP contribution in [-0.4, -0.2) is 13.0 Å². The van der Waals surface area contributed by atoms with E-state index in [0.717, 1.165) is 18.0 Å². The van der Waals surface area contributed by atoms with Crippen molar-refractivity contribution in [3.8, 4) is 0 Å². The van der Waals surface area contributed by atoms with E-state index in [2.05, 4.69) is 10.6 Å². The Morgan fingerprint density at radius 3 is 2.44 bits per heavy atom. The van der Waals surface area contributed by atoms with Crippen molar-refractivity contribution in [2.45, 2.75) is 13.5 Å². The second-order valence-corrected chi connectivity index (χ2v) is 4.09. The van der Waals surface area contributed by atoms with Gasteiger partial charge in [-0.2, -0.15) is 0 Å². The van der Waals surface area contributed by atoms with E-state index in [1.54, 1.807) is 12.1 Å². The Labute approximate surface area is 106 Å². The van der Waals surface area contributed by atoms with Crippen molar-refractivity contribution in [3.63, 3.8) is 0 Å². The van der Waals surface area contributed by atoms with Gasteiger partial charge < -0.3 is 15.1 Å². The predicted molar refractivity (Wildman–Crippen MR) is 70.6 cm³/mol. The molecule has 0 spiro atoms. The summed E-state index contributed by atoms with van der Waals surface area (Å²) in [7, 11) is 1.90. The number of aryl methyl sites for hydroxylation is 1. The number of nitrogens with one attached hydrogen (secondary N) is 2. The first-order valence-corrected chi connectivity index (χ1v) is 5.80. The number of hydrogen-bond donors (Lipinski definition) is 2. The first-order valence-electron chi connectivity index (χ1n) is 5.80. The molecular weight excluding hydrogens is 228 g/mol. The lowest BCUT2D eigenvalue weighted by Crippen LogP contribution is -2.11. The topological polar surface area (TPSA) is 54.3 Å². The minimum atomic E-state index is -0.232. The third kappa shape index (κ3) is 2.99. The lowest BCUT2D eigenvalue weighted by atomic mass is 10.2. The number of rotatable bonds is 4. The van der Waals surface area contributed by atoms with Crippen molar-refractivity contribution < 1.29 is 9.21 Å². The van der Waals surface area contributed by atoms with E-state index in [0.29, 0.717) is 5.76 Å². The van der Waals surface area contributed by atoms with Crippen LogP contribution < -0.4 is 10.6 Å². The minimum absolute atomic E-state index is 0.232. The van der Waals surface area contributed by atoms with Crippen LogP contribution in [0, 0.1) is 6.92 Å². The van der Waals surface area contributed by atoms with Gasteiger partial charge in [-0.05, 0) is 43.8 Å². The summed E-state index contributed by atoms with van der Waals surface area (Å²) in [5.74, 6) is 0.820. The van der Waals surface area contributed by atoms with Crippen molar-refractivity contribution in [2.75, 3.05) is 12.4 Å². The van der Waals surface area contributed by atoms with Gasteiger partial charge in [-0.25, -0.2) is 0 Å². The Morgan fingerprint density at radius 2 is 1.89 bits per heavy atom. The molecule has 2 N–H and O–H groups in total. The lowest BCUT2D eigenvalue weighted by molar-refractivity contribution is 0.0995. The predicted octanol–water partition coefficient (Wildman–Crippen LogP) is 2.56. The Bertz CT molecular complexity index is 529. The molecule has 4 heteroatoms. The molecule has 18 heavy (non-hydrogen) atoms. The number of amides is 1. The Hall–Kier alpha value is -2.07. The second-order valence-electron chi connectivity index (χ2n) is 4.09. The third-order valence-electron chi connectivity index (χ3n) is 2.56. The molecule has 0 aliphatic heterocycles. The van der Waals surface area contributed by atoms with Gasteiger partial charge in [0.15, 0.2) is 5.76 Å². The molecule has 4 nitrogen and oxygen atoms in total. The Morgan fingerprint density at radius 1 is 1.17 bits per heavy atom. The first-order chi connectivity index (χ1) is 8.69. The Kier molecular flexibility index (Phi) is 3.79. The van der Waals surface area contributed by atoms with E-state index in [9.17, 15) is 4.79 Å². The molecular formula is C14H16N2O2. The molecule has 2 aromatic rings. The van der Waals surface area contributed by atoms with Crippen LogP contribution in [0.3, 0.4) is 0 Å². The summed E-state index contributed by atoms with van der Waals surface area (Å²) in [5.41, 5.74) is 1.93. The minimum Gasteiger partial charge on any atom is -0.456 e. The number of carbonyl (C=O) groups is 1. The normalized spacial score (nSPS) is 10.3. The highest BCUT2D eigenvalue weighted by Crippen LogP contribution is 2.12. The van der Waals surface area contributed by atoms with Crippen molar-refractivity contribution in [3.05, 3.63) is 53.5 Å². The van der Waals surface area contributed by atoms with Gasteiger partial charge in [-0.15, -0.1) is 0 Å². The van der Waals surface area contributed by atoms with E-state index in [-0.39, 0.29) is 5.91 Å². The van der Waals surface area contributed by atoms with Crippen LogP contribution in [0.4, 0.5) is 5.69 Å². The molecule has 0 aliphatic carbocycles. The number of carbonyl (C=O) groups excluding carboxylic acids is 1. The summed E-state index contributed by atoms with van der Waals surface area (Å²) < 4.78 is 5.26. The van der Waals surface area contributed by atoms with Crippen LogP contribution in [0.25, 0.3) is 0 Å². The first kappa shape index (κ1) is 12.4. The highest BCUT2D eigenvalue weighted by Gasteiger charge is 2.09. The fourth-order valence-electron chi connectivity index (χ4n) is 1.66. The molecule has 0 radical (unpaired) electrons.